The maximum Gasteiger partial charge on any atom is -0.0533 e. The summed E-state index contributed by atoms with van der Waals surface area (Å²) in [6, 6.07) is 0. The van der Waals surface area contributed by atoms with Gasteiger partial charge >= 0.3 is 0 Å². The summed E-state index contributed by atoms with van der Waals surface area (Å²) in [6.45, 7) is 0. The normalized spacial score (nSPS) is 22.9. The van der Waals surface area contributed by atoms with E-state index in [2.05, 4.69) is 0 Å². The molecule has 0 bridgehead atoms. The summed E-state index contributed by atoms with van der Waals surface area (Å²) >= 11 is 0. The topological polar surface area (TPSA) is 70.0 Å². The Balaban J connectivity index is 0. The van der Waals surface area contributed by atoms with Crippen molar-refractivity contribution >= 4 is 0 Å². The molecule has 0 spiro atoms. The van der Waals surface area contributed by atoms with Crippen LogP contribution in [0.25, 0.3) is 0 Å². The summed E-state index contributed by atoms with van der Waals surface area (Å²) in [6.07, 6.45) is 60.0. The van der Waals surface area contributed by atoms with E-state index >= 15 is 0 Å². The van der Waals surface area contributed by atoms with E-state index in [0.29, 0.717) is 0 Å². The van der Waals surface area contributed by atoms with E-state index in [1.165, 1.54) is 257 Å². The predicted molar refractivity (Wildman–Crippen MR) is 195 cm³/mol. The number of rotatable bonds is 0. The summed E-state index contributed by atoms with van der Waals surface area (Å²) < 4.78 is 0. The summed E-state index contributed by atoms with van der Waals surface area (Å²) in [5.74, 6) is 0. The zero-order chi connectivity index (χ0) is 28.3. The smallest absolute Gasteiger partial charge is 0.0533 e. The van der Waals surface area contributed by atoms with Crippen LogP contribution in [0.15, 0.2) is 0 Å². The van der Waals surface area contributed by atoms with Crippen molar-refractivity contribution in [2.45, 2.75) is 257 Å². The third kappa shape index (κ3) is 37.9. The fraction of sp³-hybridized carbons (Fsp3) is 1.00. The lowest BCUT2D eigenvalue weighted by molar-refractivity contribution is 0.504. The van der Waals surface area contributed by atoms with Gasteiger partial charge in [-0.25, -0.2) is 0 Å². The van der Waals surface area contributed by atoms with Crippen LogP contribution >= 0.6 is 0 Å². The van der Waals surface area contributed by atoms with Crippen molar-refractivity contribution in [3.8, 4) is 0 Å². The van der Waals surface area contributed by atoms with Gasteiger partial charge in [-0.05, 0) is 0 Å². The Hall–Kier alpha value is -0.0800. The predicted octanol–water partition coefficient (Wildman–Crippen LogP) is 15.9. The average molecular weight is 595 g/mol. The molecule has 0 aromatic heterocycles. The monoisotopic (exact) mass is 595 g/mol. The Morgan fingerprint density at radius 2 is 0.0952 bits per heavy atom. The summed E-state index contributed by atoms with van der Waals surface area (Å²) in [5, 5.41) is 0. The molecule has 42 heavy (non-hydrogen) atoms. The fourth-order valence-corrected chi connectivity index (χ4v) is 7.07. The first-order valence-electron chi connectivity index (χ1n) is 20.0. The van der Waals surface area contributed by atoms with Crippen LogP contribution in [-0.4, -0.2) is 0 Å². The second kappa shape index (κ2) is 40.9. The van der Waals surface area contributed by atoms with Crippen molar-refractivity contribution in [1.82, 2.24) is 12.3 Å². The van der Waals surface area contributed by atoms with Crippen LogP contribution < -0.4 is 12.3 Å². The summed E-state index contributed by atoms with van der Waals surface area (Å²) in [4.78, 5) is 0. The van der Waals surface area contributed by atoms with Crippen LogP contribution in [0.5, 0.6) is 0 Å². The van der Waals surface area contributed by atoms with E-state index < -0.39 is 0 Å². The molecule has 6 N–H and O–H groups in total. The van der Waals surface area contributed by atoms with Gasteiger partial charge in [-0.2, -0.15) is 0 Å². The lowest BCUT2D eigenvalue weighted by Gasteiger charge is -2.05. The zero-order valence-electron chi connectivity index (χ0n) is 29.7. The Bertz CT molecular complexity index is 224. The first-order chi connectivity index (χ1) is 20.0. The van der Waals surface area contributed by atoms with Crippen molar-refractivity contribution in [2.75, 3.05) is 0 Å². The van der Waals surface area contributed by atoms with Gasteiger partial charge < -0.3 is 12.3 Å². The van der Waals surface area contributed by atoms with Crippen molar-refractivity contribution in [2.24, 2.45) is 0 Å². The molecule has 0 heterocycles. The maximum atomic E-state index is 1.50. The van der Waals surface area contributed by atoms with Crippen LogP contribution in [0.4, 0.5) is 0 Å². The van der Waals surface area contributed by atoms with Gasteiger partial charge in [-0.3, -0.25) is 0 Å². The van der Waals surface area contributed by atoms with Crippen molar-refractivity contribution < 1.29 is 0 Å². The van der Waals surface area contributed by atoms with Crippen molar-refractivity contribution in [3.63, 3.8) is 0 Å². The molecular formula is C40H86N2. The zero-order valence-corrected chi connectivity index (χ0v) is 29.7. The second-order valence-corrected chi connectivity index (χ2v) is 14.1. The number of hydrogen-bond donors (Lipinski definition) is 2. The first-order valence-corrected chi connectivity index (χ1v) is 20.0. The van der Waals surface area contributed by atoms with Crippen molar-refractivity contribution in [1.29, 1.82) is 0 Å². The van der Waals surface area contributed by atoms with Gasteiger partial charge in [-0.15, -0.1) is 0 Å². The average Bonchev–Trinajstić information content (AvgIpc) is 3.02. The maximum absolute atomic E-state index is 1.50. The molecule has 0 atom stereocenters. The largest absolute Gasteiger partial charge is 0.344 e. The molecule has 4 saturated carbocycles. The molecule has 4 rings (SSSR count). The Morgan fingerprint density at radius 1 is 0.0714 bits per heavy atom. The molecule has 4 aliphatic carbocycles. The Labute approximate surface area is 268 Å². The highest BCUT2D eigenvalue weighted by molar-refractivity contribution is 4.54. The number of hydrogen-bond acceptors (Lipinski definition) is 2. The molecule has 2 heteroatoms. The standard InChI is InChI=1S/4C10H20.2H3N/c4*1-2-4-6-8-10-9-7-5-3-1;;/h4*1-10H2;2*1H3. The van der Waals surface area contributed by atoms with Crippen LogP contribution in [0.2, 0.25) is 0 Å². The van der Waals surface area contributed by atoms with Gasteiger partial charge in [-0.1, -0.05) is 257 Å². The molecule has 0 aromatic rings. The van der Waals surface area contributed by atoms with Crippen LogP contribution in [-0.2, 0) is 0 Å². The summed E-state index contributed by atoms with van der Waals surface area (Å²) in [7, 11) is 0. The molecule has 4 fully saturated rings. The minimum Gasteiger partial charge on any atom is -0.344 e. The lowest BCUT2D eigenvalue weighted by atomic mass is 10.0. The van der Waals surface area contributed by atoms with Gasteiger partial charge in [0.15, 0.2) is 0 Å². The molecular weight excluding hydrogens is 508 g/mol. The van der Waals surface area contributed by atoms with Crippen LogP contribution in [0.1, 0.15) is 257 Å². The Kier molecular flexibility index (Phi) is 42.9. The van der Waals surface area contributed by atoms with Crippen molar-refractivity contribution in [3.05, 3.63) is 0 Å². The van der Waals surface area contributed by atoms with E-state index in [1.54, 1.807) is 0 Å². The molecule has 256 valence electrons. The highest BCUT2D eigenvalue weighted by Crippen LogP contribution is 2.18. The van der Waals surface area contributed by atoms with Gasteiger partial charge in [0.2, 0.25) is 0 Å². The van der Waals surface area contributed by atoms with E-state index in [4.69, 9.17) is 0 Å². The van der Waals surface area contributed by atoms with E-state index in [9.17, 15) is 0 Å². The molecule has 4 aliphatic rings. The molecule has 0 aromatic carbocycles. The first kappa shape index (κ1) is 44.0. The Morgan fingerprint density at radius 3 is 0.119 bits per heavy atom. The SMILES string of the molecule is C1CCCCCCCCC1.C1CCCCCCCCC1.C1CCCCCCCCC1.C1CCCCCCCCC1.N.N. The van der Waals surface area contributed by atoms with Crippen LogP contribution in [0.3, 0.4) is 0 Å². The van der Waals surface area contributed by atoms with Gasteiger partial charge in [0.1, 0.15) is 0 Å². The molecule has 0 radical (unpaired) electrons. The quantitative estimate of drug-likeness (QED) is 0.293. The van der Waals surface area contributed by atoms with E-state index in [0.717, 1.165) is 0 Å². The lowest BCUT2D eigenvalue weighted by Crippen LogP contribution is -1.85. The van der Waals surface area contributed by atoms with Gasteiger partial charge in [0.25, 0.3) is 0 Å². The molecule has 0 unspecified atom stereocenters. The molecule has 0 amide bonds. The third-order valence-corrected chi connectivity index (χ3v) is 10.00. The molecule has 2 nitrogen and oxygen atoms in total. The summed E-state index contributed by atoms with van der Waals surface area (Å²) in [5.41, 5.74) is 0. The fourth-order valence-electron chi connectivity index (χ4n) is 7.07. The van der Waals surface area contributed by atoms with Gasteiger partial charge in [0.05, 0.1) is 0 Å². The minimum absolute atomic E-state index is 0. The third-order valence-electron chi connectivity index (χ3n) is 10.00. The minimum atomic E-state index is 0. The second-order valence-electron chi connectivity index (χ2n) is 14.1. The molecule has 0 aliphatic heterocycles. The van der Waals surface area contributed by atoms with E-state index in [-0.39, 0.29) is 12.3 Å². The molecule has 0 saturated heterocycles. The van der Waals surface area contributed by atoms with Gasteiger partial charge in [0, 0.05) is 0 Å². The van der Waals surface area contributed by atoms with E-state index in [1.807, 2.05) is 0 Å². The highest BCUT2D eigenvalue weighted by Gasteiger charge is 1.98. The van der Waals surface area contributed by atoms with Crippen LogP contribution in [0, 0.1) is 0 Å². The highest BCUT2D eigenvalue weighted by atomic mass is 14.0.